The second-order valence-electron chi connectivity index (χ2n) is 8.83. The number of fused-ring (bicyclic) bond motifs is 1. The quantitative estimate of drug-likeness (QED) is 0.448. The molecule has 8 nitrogen and oxygen atoms in total. The highest BCUT2D eigenvalue weighted by Gasteiger charge is 2.50. The Balaban J connectivity index is 1.40. The van der Waals surface area contributed by atoms with Crippen molar-refractivity contribution in [2.45, 2.75) is 26.3 Å². The van der Waals surface area contributed by atoms with E-state index in [4.69, 9.17) is 9.47 Å². The van der Waals surface area contributed by atoms with E-state index in [9.17, 15) is 18.8 Å². The normalized spacial score (nSPS) is 19.1. The van der Waals surface area contributed by atoms with Crippen LogP contribution in [-0.2, 0) is 10.3 Å². The predicted molar refractivity (Wildman–Crippen MR) is 125 cm³/mol. The lowest BCUT2D eigenvalue weighted by Gasteiger charge is -2.25. The number of imide groups is 1. The number of aromatic nitrogens is 1. The molecule has 0 bridgehead atoms. The first-order valence-corrected chi connectivity index (χ1v) is 11.2. The van der Waals surface area contributed by atoms with Crippen molar-refractivity contribution in [1.82, 2.24) is 14.8 Å². The van der Waals surface area contributed by atoms with Gasteiger partial charge in [0.2, 0.25) is 0 Å². The molecule has 0 spiro atoms. The van der Waals surface area contributed by atoms with Crippen molar-refractivity contribution in [1.29, 1.82) is 0 Å². The Morgan fingerprint density at radius 2 is 1.80 bits per heavy atom. The average Bonchev–Trinajstić information content (AvgIpc) is 3.26. The zero-order chi connectivity index (χ0) is 24.9. The first-order valence-electron chi connectivity index (χ1n) is 11.2. The number of nitrogens with one attached hydrogen (secondary N) is 1. The maximum absolute atomic E-state index is 13.8. The molecule has 0 aliphatic carbocycles. The molecule has 1 saturated heterocycles. The van der Waals surface area contributed by atoms with Gasteiger partial charge in [-0.15, -0.1) is 0 Å². The topological polar surface area (TPSA) is 89.9 Å². The van der Waals surface area contributed by atoms with Crippen LogP contribution in [0.4, 0.5) is 9.18 Å². The molecule has 2 aromatic carbocycles. The van der Waals surface area contributed by atoms with E-state index in [1.807, 2.05) is 0 Å². The lowest BCUT2D eigenvalue weighted by atomic mass is 9.91. The van der Waals surface area contributed by atoms with E-state index in [0.717, 1.165) is 10.6 Å². The van der Waals surface area contributed by atoms with E-state index in [1.54, 1.807) is 61.7 Å². The standard InChI is InChI=1S/C26H24FN3O5/c1-15-11-20(16(2)30(15)19-6-4-5-18(27)13-19)21(31)14-29-24(32)26(3,28-25(29)33)17-7-8-22-23(12-17)35-10-9-34-22/h4-8,11-13H,9-10,14H2,1-3H3,(H,28,33)/t26-/m1/s1. The Labute approximate surface area is 201 Å². The van der Waals surface area contributed by atoms with Crippen molar-refractivity contribution in [3.63, 3.8) is 0 Å². The molecule has 3 heterocycles. The van der Waals surface area contributed by atoms with E-state index < -0.39 is 29.8 Å². The van der Waals surface area contributed by atoms with Crippen molar-refractivity contribution in [2.24, 2.45) is 0 Å². The van der Waals surface area contributed by atoms with E-state index in [0.29, 0.717) is 47.2 Å². The van der Waals surface area contributed by atoms with Crippen molar-refractivity contribution in [3.05, 3.63) is 76.9 Å². The van der Waals surface area contributed by atoms with Gasteiger partial charge in [0.25, 0.3) is 5.91 Å². The van der Waals surface area contributed by atoms with Crippen LogP contribution in [0, 0.1) is 19.7 Å². The molecule has 1 atom stereocenters. The summed E-state index contributed by atoms with van der Waals surface area (Å²) in [5.41, 5.74) is 1.44. The molecule has 180 valence electrons. The number of rotatable bonds is 5. The molecule has 2 aliphatic rings. The molecule has 0 saturated carbocycles. The molecule has 3 amide bonds. The summed E-state index contributed by atoms with van der Waals surface area (Å²) in [5, 5.41) is 2.72. The summed E-state index contributed by atoms with van der Waals surface area (Å²) >= 11 is 0. The predicted octanol–water partition coefficient (Wildman–Crippen LogP) is 3.65. The first kappa shape index (κ1) is 22.6. The third-order valence-electron chi connectivity index (χ3n) is 6.49. The van der Waals surface area contributed by atoms with Gasteiger partial charge in [-0.3, -0.25) is 14.5 Å². The number of benzene rings is 2. The van der Waals surface area contributed by atoms with Crippen LogP contribution >= 0.6 is 0 Å². The Kier molecular flexibility index (Phi) is 5.35. The summed E-state index contributed by atoms with van der Waals surface area (Å²) in [6.07, 6.45) is 0. The van der Waals surface area contributed by atoms with Gasteiger partial charge in [-0.25, -0.2) is 9.18 Å². The van der Waals surface area contributed by atoms with Crippen molar-refractivity contribution in [3.8, 4) is 17.2 Å². The van der Waals surface area contributed by atoms with Crippen LogP contribution in [0.15, 0.2) is 48.5 Å². The lowest BCUT2D eigenvalue weighted by Crippen LogP contribution is -2.41. The third kappa shape index (κ3) is 3.73. The van der Waals surface area contributed by atoms with Crippen LogP contribution in [0.25, 0.3) is 5.69 Å². The fourth-order valence-corrected chi connectivity index (χ4v) is 4.68. The number of hydrogen-bond acceptors (Lipinski definition) is 5. The number of carbonyl (C=O) groups excluding carboxylic acids is 3. The molecule has 1 N–H and O–H groups in total. The van der Waals surface area contributed by atoms with Crippen LogP contribution < -0.4 is 14.8 Å². The lowest BCUT2D eigenvalue weighted by molar-refractivity contribution is -0.130. The largest absolute Gasteiger partial charge is 0.486 e. The van der Waals surface area contributed by atoms with Gasteiger partial charge in [-0.2, -0.15) is 0 Å². The van der Waals surface area contributed by atoms with Gasteiger partial charge >= 0.3 is 6.03 Å². The third-order valence-corrected chi connectivity index (χ3v) is 6.49. The fraction of sp³-hybridized carbons (Fsp3) is 0.269. The number of halogens is 1. The van der Waals surface area contributed by atoms with Gasteiger partial charge in [-0.05, 0) is 62.7 Å². The van der Waals surface area contributed by atoms with E-state index >= 15 is 0 Å². The smallest absolute Gasteiger partial charge is 0.325 e. The maximum atomic E-state index is 13.8. The fourth-order valence-electron chi connectivity index (χ4n) is 4.68. The van der Waals surface area contributed by atoms with Crippen LogP contribution in [0.2, 0.25) is 0 Å². The molecule has 3 aromatic rings. The van der Waals surface area contributed by atoms with Gasteiger partial charge in [0.15, 0.2) is 17.3 Å². The van der Waals surface area contributed by atoms with Gasteiger partial charge in [0.1, 0.15) is 24.6 Å². The molecule has 0 unspecified atom stereocenters. The molecule has 1 fully saturated rings. The molecule has 5 rings (SSSR count). The zero-order valence-electron chi connectivity index (χ0n) is 19.6. The summed E-state index contributed by atoms with van der Waals surface area (Å²) in [5.74, 6) is -0.250. The van der Waals surface area contributed by atoms with Gasteiger partial charge in [0, 0.05) is 22.6 Å². The maximum Gasteiger partial charge on any atom is 0.325 e. The Morgan fingerprint density at radius 1 is 1.06 bits per heavy atom. The van der Waals surface area contributed by atoms with Crippen LogP contribution in [-0.4, -0.2) is 46.9 Å². The summed E-state index contributed by atoms with van der Waals surface area (Å²) in [6.45, 7) is 5.56. The number of urea groups is 1. The minimum absolute atomic E-state index is 0.361. The number of ether oxygens (including phenoxy) is 2. The number of hydrogen-bond donors (Lipinski definition) is 1. The number of aryl methyl sites for hydroxylation is 1. The highest BCUT2D eigenvalue weighted by Crippen LogP contribution is 2.37. The SMILES string of the molecule is Cc1cc(C(=O)CN2C(=O)N[C@](C)(c3ccc4c(c3)OCCO4)C2=O)c(C)n1-c1cccc(F)c1. The Bertz CT molecular complexity index is 1380. The Hall–Kier alpha value is -4.14. The van der Waals surface area contributed by atoms with Crippen LogP contribution in [0.3, 0.4) is 0 Å². The average molecular weight is 477 g/mol. The second-order valence-corrected chi connectivity index (χ2v) is 8.83. The molecular formula is C26H24FN3O5. The zero-order valence-corrected chi connectivity index (χ0v) is 19.6. The van der Waals surface area contributed by atoms with Crippen molar-refractivity contribution in [2.75, 3.05) is 19.8 Å². The molecule has 35 heavy (non-hydrogen) atoms. The number of nitrogens with zero attached hydrogens (tertiary/aromatic N) is 2. The van der Waals surface area contributed by atoms with Crippen LogP contribution in [0.1, 0.15) is 34.2 Å². The van der Waals surface area contributed by atoms with Gasteiger partial charge in [-0.1, -0.05) is 12.1 Å². The van der Waals surface area contributed by atoms with Crippen LogP contribution in [0.5, 0.6) is 11.5 Å². The molecule has 1 aromatic heterocycles. The number of ketones is 1. The minimum atomic E-state index is -1.36. The van der Waals surface area contributed by atoms with Gasteiger partial charge < -0.3 is 19.4 Å². The minimum Gasteiger partial charge on any atom is -0.486 e. The summed E-state index contributed by atoms with van der Waals surface area (Å²) in [6, 6.07) is 12.2. The summed E-state index contributed by atoms with van der Waals surface area (Å²) in [7, 11) is 0. The Morgan fingerprint density at radius 3 is 2.54 bits per heavy atom. The summed E-state index contributed by atoms with van der Waals surface area (Å²) in [4.78, 5) is 40.3. The van der Waals surface area contributed by atoms with E-state index in [-0.39, 0.29) is 5.82 Å². The van der Waals surface area contributed by atoms with E-state index in [1.165, 1.54) is 12.1 Å². The first-order chi connectivity index (χ1) is 16.7. The van der Waals surface area contributed by atoms with Gasteiger partial charge in [0.05, 0.1) is 6.54 Å². The van der Waals surface area contributed by atoms with Crippen molar-refractivity contribution >= 4 is 17.7 Å². The summed E-state index contributed by atoms with van der Waals surface area (Å²) < 4.78 is 26.7. The highest BCUT2D eigenvalue weighted by atomic mass is 19.1. The number of amides is 3. The molecule has 9 heteroatoms. The second kappa shape index (κ2) is 8.26. The number of carbonyl (C=O) groups is 3. The molecule has 2 aliphatic heterocycles. The number of Topliss-reactive ketones (excluding diaryl/α,β-unsaturated/α-hetero) is 1. The van der Waals surface area contributed by atoms with Crippen molar-refractivity contribution < 1.29 is 28.2 Å². The monoisotopic (exact) mass is 477 g/mol. The highest BCUT2D eigenvalue weighted by molar-refractivity contribution is 6.11. The molecular weight excluding hydrogens is 453 g/mol. The molecule has 0 radical (unpaired) electrons. The van der Waals surface area contributed by atoms with E-state index in [2.05, 4.69) is 5.32 Å².